The zero-order valence-corrected chi connectivity index (χ0v) is 8.05. The number of hydrogen-bond donors (Lipinski definition) is 1. The molecule has 1 atom stereocenters. The van der Waals surface area contributed by atoms with Crippen LogP contribution in [-0.4, -0.2) is 17.0 Å². The molecule has 1 aliphatic rings. The van der Waals surface area contributed by atoms with Crippen LogP contribution in [0, 0.1) is 11.8 Å². The van der Waals surface area contributed by atoms with Crippen LogP contribution < -0.4 is 0 Å². The van der Waals surface area contributed by atoms with Gasteiger partial charge < -0.3 is 5.11 Å². The first-order valence-corrected chi connectivity index (χ1v) is 4.53. The van der Waals surface area contributed by atoms with E-state index in [2.05, 4.69) is 11.8 Å². The van der Waals surface area contributed by atoms with Crippen LogP contribution in [0.2, 0.25) is 0 Å². The number of carbonyl (C=O) groups excluding carboxylic acids is 1. The minimum Gasteiger partial charge on any atom is -0.388 e. The molecule has 1 unspecified atom stereocenters. The molecule has 0 saturated carbocycles. The molecule has 0 aromatic carbocycles. The molecule has 0 radical (unpaired) electrons. The van der Waals surface area contributed by atoms with Crippen LogP contribution in [0.4, 0.5) is 0 Å². The van der Waals surface area contributed by atoms with Crippen molar-refractivity contribution in [2.75, 3.05) is 0 Å². The molecule has 1 rings (SSSR count). The number of Topliss-reactive ketones (excluding diaryl/α,β-unsaturated/α-hetero) is 1. The summed E-state index contributed by atoms with van der Waals surface area (Å²) in [5, 5.41) is 9.37. The smallest absolute Gasteiger partial charge is 0.162 e. The molecule has 0 aromatic rings. The van der Waals surface area contributed by atoms with Gasteiger partial charge in [-0.25, -0.2) is 0 Å². The zero-order valence-electron chi connectivity index (χ0n) is 8.05. The summed E-state index contributed by atoms with van der Waals surface area (Å²) in [6.45, 7) is 3.78. The van der Waals surface area contributed by atoms with E-state index in [4.69, 9.17) is 0 Å². The van der Waals surface area contributed by atoms with E-state index in [9.17, 15) is 9.90 Å². The van der Waals surface area contributed by atoms with Crippen molar-refractivity contribution in [2.45, 2.75) is 39.2 Å². The fourth-order valence-electron chi connectivity index (χ4n) is 1.39. The molecule has 0 saturated heterocycles. The van der Waals surface area contributed by atoms with Gasteiger partial charge in [0, 0.05) is 24.8 Å². The van der Waals surface area contributed by atoms with Crippen LogP contribution in [0.3, 0.4) is 0 Å². The Morgan fingerprint density at radius 3 is 2.69 bits per heavy atom. The van der Waals surface area contributed by atoms with E-state index in [-0.39, 0.29) is 12.2 Å². The Morgan fingerprint density at radius 2 is 2.23 bits per heavy atom. The summed E-state index contributed by atoms with van der Waals surface area (Å²) in [6.07, 6.45) is 0.985. The predicted molar refractivity (Wildman–Crippen MR) is 51.0 cm³/mol. The molecule has 0 amide bonds. The van der Waals surface area contributed by atoms with Gasteiger partial charge in [-0.2, -0.15) is 0 Å². The maximum atomic E-state index is 11.3. The third-order valence-electron chi connectivity index (χ3n) is 2.26. The van der Waals surface area contributed by atoms with Crippen molar-refractivity contribution in [3.8, 4) is 11.8 Å². The van der Waals surface area contributed by atoms with Crippen molar-refractivity contribution in [3.63, 3.8) is 0 Å². The van der Waals surface area contributed by atoms with E-state index in [1.54, 1.807) is 6.92 Å². The summed E-state index contributed by atoms with van der Waals surface area (Å²) in [5.74, 6) is 5.88. The van der Waals surface area contributed by atoms with Gasteiger partial charge in [-0.1, -0.05) is 12.8 Å². The molecular formula is C11H14O2. The van der Waals surface area contributed by atoms with E-state index >= 15 is 0 Å². The topological polar surface area (TPSA) is 37.3 Å². The maximum absolute atomic E-state index is 11.3. The number of hydrogen-bond acceptors (Lipinski definition) is 2. The molecule has 0 aromatic heterocycles. The van der Waals surface area contributed by atoms with Crippen molar-refractivity contribution in [2.24, 2.45) is 0 Å². The molecule has 70 valence electrons. The van der Waals surface area contributed by atoms with E-state index in [0.29, 0.717) is 12.0 Å². The summed E-state index contributed by atoms with van der Waals surface area (Å²) < 4.78 is 0. The predicted octanol–water partition coefficient (Wildman–Crippen LogP) is 1.44. The molecule has 1 aliphatic carbocycles. The zero-order chi connectivity index (χ0) is 9.84. The largest absolute Gasteiger partial charge is 0.388 e. The molecule has 0 fully saturated rings. The van der Waals surface area contributed by atoms with E-state index in [1.807, 2.05) is 6.92 Å². The lowest BCUT2D eigenvalue weighted by molar-refractivity contribution is -0.115. The van der Waals surface area contributed by atoms with Crippen molar-refractivity contribution < 1.29 is 9.90 Å². The van der Waals surface area contributed by atoms with E-state index in [0.717, 1.165) is 12.0 Å². The second-order valence-electron chi connectivity index (χ2n) is 3.19. The third-order valence-corrected chi connectivity index (χ3v) is 2.26. The van der Waals surface area contributed by atoms with Crippen LogP contribution in [0.25, 0.3) is 0 Å². The van der Waals surface area contributed by atoms with Gasteiger partial charge in [0.2, 0.25) is 0 Å². The van der Waals surface area contributed by atoms with Gasteiger partial charge in [0.05, 0.1) is 6.10 Å². The normalized spacial score (nSPS) is 21.8. The van der Waals surface area contributed by atoms with Gasteiger partial charge in [0.1, 0.15) is 0 Å². The second-order valence-corrected chi connectivity index (χ2v) is 3.19. The highest BCUT2D eigenvalue weighted by Crippen LogP contribution is 2.24. The second kappa shape index (κ2) is 4.25. The van der Waals surface area contributed by atoms with Crippen LogP contribution in [0.1, 0.15) is 33.1 Å². The summed E-state index contributed by atoms with van der Waals surface area (Å²) >= 11 is 0. The van der Waals surface area contributed by atoms with E-state index in [1.165, 1.54) is 0 Å². The number of carbonyl (C=O) groups is 1. The minimum absolute atomic E-state index is 0.0513. The Labute approximate surface area is 78.6 Å². The number of aliphatic hydroxyl groups excluding tert-OH is 1. The molecular weight excluding hydrogens is 164 g/mol. The lowest BCUT2D eigenvalue weighted by atomic mass is 10.1. The lowest BCUT2D eigenvalue weighted by Gasteiger charge is -1.99. The summed E-state index contributed by atoms with van der Waals surface area (Å²) in [7, 11) is 0. The van der Waals surface area contributed by atoms with Crippen molar-refractivity contribution in [1.82, 2.24) is 0 Å². The Kier molecular flexibility index (Phi) is 3.27. The Hall–Kier alpha value is -1.07. The molecule has 1 N–H and O–H groups in total. The van der Waals surface area contributed by atoms with Crippen LogP contribution in [-0.2, 0) is 4.79 Å². The first-order chi connectivity index (χ1) is 6.16. The third kappa shape index (κ3) is 2.19. The first-order valence-electron chi connectivity index (χ1n) is 4.53. The Bertz CT molecular complexity index is 302. The molecule has 0 heterocycles. The van der Waals surface area contributed by atoms with E-state index < -0.39 is 6.10 Å². The van der Waals surface area contributed by atoms with Gasteiger partial charge in [-0.05, 0) is 12.5 Å². The summed E-state index contributed by atoms with van der Waals surface area (Å²) in [6, 6.07) is 0. The molecule has 0 bridgehead atoms. The number of aliphatic hydroxyl groups is 1. The van der Waals surface area contributed by atoms with Gasteiger partial charge in [0.25, 0.3) is 0 Å². The van der Waals surface area contributed by atoms with Gasteiger partial charge in [-0.3, -0.25) is 4.79 Å². The summed E-state index contributed by atoms with van der Waals surface area (Å²) in [4.78, 5) is 11.3. The van der Waals surface area contributed by atoms with Crippen molar-refractivity contribution in [1.29, 1.82) is 0 Å². The lowest BCUT2D eigenvalue weighted by Crippen LogP contribution is -2.03. The van der Waals surface area contributed by atoms with Gasteiger partial charge >= 0.3 is 0 Å². The summed E-state index contributed by atoms with van der Waals surface area (Å²) in [5.41, 5.74) is 1.52. The van der Waals surface area contributed by atoms with Gasteiger partial charge in [0.15, 0.2) is 5.78 Å². The maximum Gasteiger partial charge on any atom is 0.162 e. The average molecular weight is 178 g/mol. The number of allylic oxidation sites excluding steroid dienone is 1. The molecule has 2 heteroatoms. The molecule has 0 aliphatic heterocycles. The molecule has 13 heavy (non-hydrogen) atoms. The SMILES string of the molecule is CCC#CCC1=C(C)C(O)CC1=O. The van der Waals surface area contributed by atoms with Gasteiger partial charge in [-0.15, -0.1) is 5.92 Å². The highest BCUT2D eigenvalue weighted by molar-refractivity contribution is 5.99. The average Bonchev–Trinajstić information content (AvgIpc) is 2.32. The number of rotatable bonds is 1. The standard InChI is InChI=1S/C11H14O2/c1-3-4-5-6-9-8(2)10(12)7-11(9)13/h10,12H,3,6-7H2,1-2H3. The van der Waals surface area contributed by atoms with Crippen molar-refractivity contribution in [3.05, 3.63) is 11.1 Å². The van der Waals surface area contributed by atoms with Crippen LogP contribution in [0.5, 0.6) is 0 Å². The first kappa shape index (κ1) is 10.0. The Balaban J connectivity index is 2.72. The fraction of sp³-hybridized carbons (Fsp3) is 0.545. The van der Waals surface area contributed by atoms with Crippen LogP contribution >= 0.6 is 0 Å². The number of ketones is 1. The highest BCUT2D eigenvalue weighted by Gasteiger charge is 2.26. The van der Waals surface area contributed by atoms with Crippen molar-refractivity contribution >= 4 is 5.78 Å². The quantitative estimate of drug-likeness (QED) is 0.617. The molecule has 2 nitrogen and oxygen atoms in total. The molecule has 0 spiro atoms. The monoisotopic (exact) mass is 178 g/mol. The highest BCUT2D eigenvalue weighted by atomic mass is 16.3. The Morgan fingerprint density at radius 1 is 1.54 bits per heavy atom. The van der Waals surface area contributed by atoms with Crippen LogP contribution in [0.15, 0.2) is 11.1 Å². The minimum atomic E-state index is -0.564. The fourth-order valence-corrected chi connectivity index (χ4v) is 1.39.